The van der Waals surface area contributed by atoms with Crippen LogP contribution in [0.2, 0.25) is 5.02 Å². The van der Waals surface area contributed by atoms with E-state index in [0.717, 1.165) is 6.07 Å². The Labute approximate surface area is 153 Å². The first-order valence-electron chi connectivity index (χ1n) is 7.66. The molecule has 2 amide bonds. The minimum atomic E-state index is -0.625. The molecule has 7 heteroatoms. The van der Waals surface area contributed by atoms with Gasteiger partial charge in [-0.25, -0.2) is 4.39 Å². The highest BCUT2D eigenvalue weighted by Gasteiger charge is 2.15. The Morgan fingerprint density at radius 3 is 2.54 bits per heavy atom. The average Bonchev–Trinajstić information content (AvgIpc) is 3.04. The molecule has 0 aliphatic rings. The first-order chi connectivity index (χ1) is 12.4. The highest BCUT2D eigenvalue weighted by Crippen LogP contribution is 2.22. The summed E-state index contributed by atoms with van der Waals surface area (Å²) < 4.78 is 19.1. The van der Waals surface area contributed by atoms with Gasteiger partial charge in [-0.3, -0.25) is 9.59 Å². The van der Waals surface area contributed by atoms with E-state index in [9.17, 15) is 14.0 Å². The Balaban J connectivity index is 1.78. The minimum absolute atomic E-state index is 0.0560. The van der Waals surface area contributed by atoms with Gasteiger partial charge in [0.25, 0.3) is 11.8 Å². The van der Waals surface area contributed by atoms with Crippen LogP contribution in [-0.4, -0.2) is 11.8 Å². The van der Waals surface area contributed by atoms with E-state index in [4.69, 9.17) is 16.0 Å². The molecular weight excluding hydrogens is 359 g/mol. The number of hydrogen-bond donors (Lipinski definition) is 2. The summed E-state index contributed by atoms with van der Waals surface area (Å²) in [5, 5.41) is 5.54. The summed E-state index contributed by atoms with van der Waals surface area (Å²) in [7, 11) is 0. The number of anilines is 2. The van der Waals surface area contributed by atoms with E-state index in [1.165, 1.54) is 30.5 Å². The van der Waals surface area contributed by atoms with E-state index in [2.05, 4.69) is 10.6 Å². The molecule has 0 radical (unpaired) electrons. The standard InChI is InChI=1S/C19H14ClFN2O3/c1-11-15(7-8-26-11)19(25)23-17-10-14(5-6-16(17)21)22-18(24)12-3-2-4-13(20)9-12/h2-10H,1H3,(H,22,24)(H,23,25). The average molecular weight is 373 g/mol. The van der Waals surface area contributed by atoms with Crippen molar-refractivity contribution in [2.45, 2.75) is 6.92 Å². The zero-order valence-corrected chi connectivity index (χ0v) is 14.4. The minimum Gasteiger partial charge on any atom is -0.469 e. The number of nitrogens with one attached hydrogen (secondary N) is 2. The number of amides is 2. The Morgan fingerprint density at radius 1 is 1.04 bits per heavy atom. The van der Waals surface area contributed by atoms with Crippen molar-refractivity contribution < 1.29 is 18.4 Å². The molecule has 1 heterocycles. The van der Waals surface area contributed by atoms with Crippen molar-refractivity contribution in [3.05, 3.63) is 82.5 Å². The molecule has 0 spiro atoms. The monoisotopic (exact) mass is 372 g/mol. The second-order valence-electron chi connectivity index (χ2n) is 5.50. The first kappa shape index (κ1) is 17.7. The van der Waals surface area contributed by atoms with E-state index >= 15 is 0 Å². The van der Waals surface area contributed by atoms with Gasteiger partial charge < -0.3 is 15.1 Å². The molecular formula is C19H14ClFN2O3. The molecule has 0 bridgehead atoms. The van der Waals surface area contributed by atoms with Crippen molar-refractivity contribution in [2.75, 3.05) is 10.6 Å². The molecule has 0 saturated heterocycles. The molecule has 1 aromatic heterocycles. The van der Waals surface area contributed by atoms with Gasteiger partial charge in [-0.15, -0.1) is 0 Å². The van der Waals surface area contributed by atoms with Gasteiger partial charge in [0.1, 0.15) is 11.6 Å². The fourth-order valence-electron chi connectivity index (χ4n) is 2.34. The van der Waals surface area contributed by atoms with Gasteiger partial charge in [-0.1, -0.05) is 17.7 Å². The Kier molecular flexibility index (Phi) is 5.04. The van der Waals surface area contributed by atoms with Crippen LogP contribution in [0.5, 0.6) is 0 Å². The van der Waals surface area contributed by atoms with E-state index in [1.54, 1.807) is 25.1 Å². The lowest BCUT2D eigenvalue weighted by Crippen LogP contribution is -2.15. The summed E-state index contributed by atoms with van der Waals surface area (Å²) >= 11 is 5.87. The maximum atomic E-state index is 14.0. The number of carbonyl (C=O) groups excluding carboxylic acids is 2. The SMILES string of the molecule is Cc1occc1C(=O)Nc1cc(NC(=O)c2cccc(Cl)c2)ccc1F. The van der Waals surface area contributed by atoms with E-state index in [-0.39, 0.29) is 5.69 Å². The molecule has 0 atom stereocenters. The molecule has 0 saturated carbocycles. The fraction of sp³-hybridized carbons (Fsp3) is 0.0526. The molecule has 132 valence electrons. The lowest BCUT2D eigenvalue weighted by atomic mass is 10.2. The molecule has 2 N–H and O–H groups in total. The molecule has 0 aliphatic heterocycles. The predicted octanol–water partition coefficient (Wildman–Crippen LogP) is 4.89. The van der Waals surface area contributed by atoms with E-state index < -0.39 is 17.6 Å². The zero-order chi connectivity index (χ0) is 18.7. The maximum absolute atomic E-state index is 14.0. The maximum Gasteiger partial charge on any atom is 0.259 e. The Hall–Kier alpha value is -3.12. The van der Waals surface area contributed by atoms with Crippen molar-refractivity contribution in [3.63, 3.8) is 0 Å². The Bertz CT molecular complexity index is 984. The lowest BCUT2D eigenvalue weighted by molar-refractivity contribution is 0.101. The third-order valence-corrected chi connectivity index (χ3v) is 3.90. The van der Waals surface area contributed by atoms with E-state index in [1.807, 2.05) is 0 Å². The number of aryl methyl sites for hydroxylation is 1. The third kappa shape index (κ3) is 3.92. The quantitative estimate of drug-likeness (QED) is 0.685. The van der Waals surface area contributed by atoms with Crippen molar-refractivity contribution in [1.82, 2.24) is 0 Å². The summed E-state index contributed by atoms with van der Waals surface area (Å²) in [4.78, 5) is 24.5. The van der Waals surface area contributed by atoms with Gasteiger partial charge >= 0.3 is 0 Å². The predicted molar refractivity (Wildman–Crippen MR) is 97.2 cm³/mol. The molecule has 5 nitrogen and oxygen atoms in total. The van der Waals surface area contributed by atoms with Crippen molar-refractivity contribution >= 4 is 34.8 Å². The summed E-state index contributed by atoms with van der Waals surface area (Å²) in [6, 6.07) is 11.8. The van der Waals surface area contributed by atoms with Crippen molar-refractivity contribution in [2.24, 2.45) is 0 Å². The third-order valence-electron chi connectivity index (χ3n) is 3.66. The molecule has 0 fully saturated rings. The van der Waals surface area contributed by atoms with Gasteiger partial charge in [0.2, 0.25) is 0 Å². The van der Waals surface area contributed by atoms with Crippen LogP contribution in [0.4, 0.5) is 15.8 Å². The smallest absolute Gasteiger partial charge is 0.259 e. The van der Waals surface area contributed by atoms with Crippen LogP contribution in [0, 0.1) is 12.7 Å². The molecule has 26 heavy (non-hydrogen) atoms. The van der Waals surface area contributed by atoms with Crippen molar-refractivity contribution in [1.29, 1.82) is 0 Å². The number of furan rings is 1. The number of carbonyl (C=O) groups is 2. The second kappa shape index (κ2) is 7.41. The highest BCUT2D eigenvalue weighted by atomic mass is 35.5. The van der Waals surface area contributed by atoms with Crippen molar-refractivity contribution in [3.8, 4) is 0 Å². The summed E-state index contributed by atoms with van der Waals surface area (Å²) in [5.41, 5.74) is 0.939. The lowest BCUT2D eigenvalue weighted by Gasteiger charge is -2.10. The van der Waals surface area contributed by atoms with Gasteiger partial charge in [0.05, 0.1) is 17.5 Å². The number of rotatable bonds is 4. The topological polar surface area (TPSA) is 71.3 Å². The molecule has 3 rings (SSSR count). The number of hydrogen-bond acceptors (Lipinski definition) is 3. The van der Waals surface area contributed by atoms with Gasteiger partial charge in [0, 0.05) is 16.3 Å². The van der Waals surface area contributed by atoms with Gasteiger partial charge in [-0.05, 0) is 49.4 Å². The van der Waals surface area contributed by atoms with Crippen LogP contribution in [-0.2, 0) is 0 Å². The Morgan fingerprint density at radius 2 is 1.85 bits per heavy atom. The first-order valence-corrected chi connectivity index (χ1v) is 8.04. The molecule has 3 aromatic rings. The summed E-state index contributed by atoms with van der Waals surface area (Å²) in [6.45, 7) is 1.63. The van der Waals surface area contributed by atoms with Gasteiger partial charge in [-0.2, -0.15) is 0 Å². The fourth-order valence-corrected chi connectivity index (χ4v) is 2.53. The molecule has 0 unspecified atom stereocenters. The van der Waals surface area contributed by atoms with Crippen LogP contribution >= 0.6 is 11.6 Å². The van der Waals surface area contributed by atoms with Crippen LogP contribution in [0.3, 0.4) is 0 Å². The highest BCUT2D eigenvalue weighted by molar-refractivity contribution is 6.31. The van der Waals surface area contributed by atoms with Gasteiger partial charge in [0.15, 0.2) is 0 Å². The van der Waals surface area contributed by atoms with Crippen LogP contribution in [0.1, 0.15) is 26.5 Å². The summed E-state index contributed by atoms with van der Waals surface area (Å²) in [5.74, 6) is -1.11. The molecule has 2 aromatic carbocycles. The zero-order valence-electron chi connectivity index (χ0n) is 13.7. The van der Waals surface area contributed by atoms with Crippen LogP contribution < -0.4 is 10.6 Å². The van der Waals surface area contributed by atoms with E-state index in [0.29, 0.717) is 27.6 Å². The number of benzene rings is 2. The van der Waals surface area contributed by atoms with Crippen LogP contribution in [0.25, 0.3) is 0 Å². The largest absolute Gasteiger partial charge is 0.469 e. The number of halogens is 2. The summed E-state index contributed by atoms with van der Waals surface area (Å²) in [6.07, 6.45) is 1.38. The normalized spacial score (nSPS) is 10.4. The molecule has 0 aliphatic carbocycles. The van der Waals surface area contributed by atoms with Crippen LogP contribution in [0.15, 0.2) is 59.2 Å². The second-order valence-corrected chi connectivity index (χ2v) is 5.94.